The molecule has 29 heavy (non-hydrogen) atoms. The first-order chi connectivity index (χ1) is 14.2. The topological polar surface area (TPSA) is 84.2 Å². The minimum absolute atomic E-state index is 0.121. The van der Waals surface area contributed by atoms with E-state index in [0.29, 0.717) is 35.7 Å². The number of benzene rings is 2. The highest BCUT2D eigenvalue weighted by atomic mass is 16.5. The van der Waals surface area contributed by atoms with E-state index >= 15 is 0 Å². The number of H-pyrrole nitrogens is 1. The van der Waals surface area contributed by atoms with Crippen molar-refractivity contribution in [2.45, 2.75) is 32.0 Å². The van der Waals surface area contributed by atoms with Gasteiger partial charge in [0.25, 0.3) is 5.56 Å². The lowest BCUT2D eigenvalue weighted by molar-refractivity contribution is 0.0641. The Morgan fingerprint density at radius 3 is 2.69 bits per heavy atom. The SMILES string of the molecule is O=c1[nH]c(CN(Cc2nc3ccccc3o2)C[C@H]2CCCO2)nc2ccccc12. The first-order valence-electron chi connectivity index (χ1n) is 9.91. The highest BCUT2D eigenvalue weighted by Crippen LogP contribution is 2.19. The van der Waals surface area contributed by atoms with Gasteiger partial charge in [-0.2, -0.15) is 0 Å². The van der Waals surface area contributed by atoms with Gasteiger partial charge >= 0.3 is 0 Å². The van der Waals surface area contributed by atoms with Gasteiger partial charge in [0.1, 0.15) is 11.3 Å². The van der Waals surface area contributed by atoms with Crippen molar-refractivity contribution in [2.24, 2.45) is 0 Å². The molecule has 0 saturated carbocycles. The second-order valence-electron chi connectivity index (χ2n) is 7.41. The summed E-state index contributed by atoms with van der Waals surface area (Å²) in [4.78, 5) is 26.8. The van der Waals surface area contributed by atoms with Crippen LogP contribution in [0.2, 0.25) is 0 Å². The first kappa shape index (κ1) is 18.0. The number of aromatic amines is 1. The molecule has 148 valence electrons. The number of nitrogens with one attached hydrogen (secondary N) is 1. The standard InChI is InChI=1S/C22H22N4O3/c27-22-16-7-1-2-8-17(16)23-20(25-22)13-26(12-15-6-5-11-28-15)14-21-24-18-9-3-4-10-19(18)29-21/h1-4,7-10,15H,5-6,11-14H2,(H,23,25,27)/t15-/m1/s1. The van der Waals surface area contributed by atoms with Crippen molar-refractivity contribution in [3.63, 3.8) is 0 Å². The Morgan fingerprint density at radius 1 is 1.03 bits per heavy atom. The predicted octanol–water partition coefficient (Wildman–Crippen LogP) is 3.25. The van der Waals surface area contributed by atoms with Crippen LogP contribution >= 0.6 is 0 Å². The Kier molecular flexibility index (Phi) is 4.83. The van der Waals surface area contributed by atoms with Crippen LogP contribution in [0.15, 0.2) is 57.7 Å². The number of rotatable bonds is 6. The summed E-state index contributed by atoms with van der Waals surface area (Å²) in [7, 11) is 0. The lowest BCUT2D eigenvalue weighted by Gasteiger charge is -2.23. The van der Waals surface area contributed by atoms with E-state index in [4.69, 9.17) is 9.15 Å². The maximum atomic E-state index is 12.4. The molecule has 0 amide bonds. The van der Waals surface area contributed by atoms with Gasteiger partial charge in [0.15, 0.2) is 5.58 Å². The summed E-state index contributed by atoms with van der Waals surface area (Å²) >= 11 is 0. The van der Waals surface area contributed by atoms with Crippen LogP contribution in [0.1, 0.15) is 24.6 Å². The molecule has 0 spiro atoms. The maximum absolute atomic E-state index is 12.4. The van der Waals surface area contributed by atoms with Gasteiger partial charge in [0.05, 0.1) is 30.1 Å². The molecule has 4 aromatic rings. The van der Waals surface area contributed by atoms with Crippen molar-refractivity contribution >= 4 is 22.0 Å². The van der Waals surface area contributed by atoms with E-state index in [-0.39, 0.29) is 11.7 Å². The fraction of sp³-hybridized carbons (Fsp3) is 0.318. The van der Waals surface area contributed by atoms with Crippen molar-refractivity contribution < 1.29 is 9.15 Å². The zero-order chi connectivity index (χ0) is 19.6. The van der Waals surface area contributed by atoms with E-state index in [1.54, 1.807) is 6.07 Å². The zero-order valence-corrected chi connectivity index (χ0v) is 16.0. The van der Waals surface area contributed by atoms with Crippen molar-refractivity contribution in [1.82, 2.24) is 19.9 Å². The summed E-state index contributed by atoms with van der Waals surface area (Å²) in [5, 5.41) is 0.598. The molecule has 2 aromatic carbocycles. The molecule has 1 atom stereocenters. The average molecular weight is 390 g/mol. The number of nitrogens with zero attached hydrogens (tertiary/aromatic N) is 3. The van der Waals surface area contributed by atoms with Crippen LogP contribution in [0.5, 0.6) is 0 Å². The van der Waals surface area contributed by atoms with Crippen molar-refractivity contribution in [3.05, 3.63) is 70.6 Å². The summed E-state index contributed by atoms with van der Waals surface area (Å²) in [6.07, 6.45) is 2.28. The number of fused-ring (bicyclic) bond motifs is 2. The number of oxazole rings is 1. The van der Waals surface area contributed by atoms with Crippen LogP contribution in [0.4, 0.5) is 0 Å². The molecule has 3 heterocycles. The van der Waals surface area contributed by atoms with Gasteiger partial charge in [-0.1, -0.05) is 24.3 Å². The average Bonchev–Trinajstić information content (AvgIpc) is 3.37. The largest absolute Gasteiger partial charge is 0.439 e. The smallest absolute Gasteiger partial charge is 0.258 e. The van der Waals surface area contributed by atoms with Crippen LogP contribution in [0, 0.1) is 0 Å². The van der Waals surface area contributed by atoms with Gasteiger partial charge in [0, 0.05) is 13.2 Å². The van der Waals surface area contributed by atoms with Gasteiger partial charge < -0.3 is 14.1 Å². The van der Waals surface area contributed by atoms with Gasteiger partial charge in [-0.25, -0.2) is 9.97 Å². The van der Waals surface area contributed by atoms with Gasteiger partial charge in [-0.05, 0) is 37.1 Å². The van der Waals surface area contributed by atoms with Crippen molar-refractivity contribution in [2.75, 3.05) is 13.2 Å². The van der Waals surface area contributed by atoms with Crippen LogP contribution in [0.3, 0.4) is 0 Å². The Labute approximate surface area is 167 Å². The monoisotopic (exact) mass is 390 g/mol. The third-order valence-electron chi connectivity index (χ3n) is 5.22. The summed E-state index contributed by atoms with van der Waals surface area (Å²) in [5.41, 5.74) is 2.20. The summed E-state index contributed by atoms with van der Waals surface area (Å²) in [6.45, 7) is 2.53. The van der Waals surface area contributed by atoms with Crippen LogP contribution in [0.25, 0.3) is 22.0 Å². The lowest BCUT2D eigenvalue weighted by atomic mass is 10.2. The molecule has 0 unspecified atom stereocenters. The molecular formula is C22H22N4O3. The minimum atomic E-state index is -0.121. The molecule has 1 aliphatic rings. The van der Waals surface area contributed by atoms with Crippen molar-refractivity contribution in [3.8, 4) is 0 Å². The first-order valence-corrected chi connectivity index (χ1v) is 9.91. The fourth-order valence-electron chi connectivity index (χ4n) is 3.86. The van der Waals surface area contributed by atoms with E-state index < -0.39 is 0 Å². The Bertz CT molecular complexity index is 1160. The van der Waals surface area contributed by atoms with E-state index in [1.807, 2.05) is 42.5 Å². The summed E-state index contributed by atoms with van der Waals surface area (Å²) in [5.74, 6) is 1.27. The highest BCUT2D eigenvalue weighted by molar-refractivity contribution is 5.77. The lowest BCUT2D eigenvalue weighted by Crippen LogP contribution is -2.32. The molecule has 1 saturated heterocycles. The molecular weight excluding hydrogens is 368 g/mol. The van der Waals surface area contributed by atoms with Gasteiger partial charge in [0.2, 0.25) is 5.89 Å². The number of hydrogen-bond donors (Lipinski definition) is 1. The molecule has 1 fully saturated rings. The van der Waals surface area contributed by atoms with Crippen LogP contribution in [-0.4, -0.2) is 39.1 Å². The molecule has 1 aliphatic heterocycles. The number of para-hydroxylation sites is 3. The fourth-order valence-corrected chi connectivity index (χ4v) is 3.86. The minimum Gasteiger partial charge on any atom is -0.439 e. The zero-order valence-electron chi connectivity index (χ0n) is 16.0. The second kappa shape index (κ2) is 7.77. The second-order valence-corrected chi connectivity index (χ2v) is 7.41. The summed E-state index contributed by atoms with van der Waals surface area (Å²) in [6, 6.07) is 15.1. The molecule has 1 N–H and O–H groups in total. The molecule has 2 aromatic heterocycles. The molecule has 0 bridgehead atoms. The molecule has 7 heteroatoms. The molecule has 0 aliphatic carbocycles. The highest BCUT2D eigenvalue weighted by Gasteiger charge is 2.22. The Hall–Kier alpha value is -3.03. The van der Waals surface area contributed by atoms with Crippen LogP contribution in [-0.2, 0) is 17.8 Å². The molecule has 5 rings (SSSR count). The molecule has 7 nitrogen and oxygen atoms in total. The summed E-state index contributed by atoms with van der Waals surface area (Å²) < 4.78 is 11.7. The van der Waals surface area contributed by atoms with Crippen molar-refractivity contribution in [1.29, 1.82) is 0 Å². The Balaban J connectivity index is 1.42. The van der Waals surface area contributed by atoms with E-state index in [0.717, 1.165) is 37.1 Å². The van der Waals surface area contributed by atoms with Crippen LogP contribution < -0.4 is 5.56 Å². The number of hydrogen-bond acceptors (Lipinski definition) is 6. The van der Waals surface area contributed by atoms with E-state index in [1.165, 1.54) is 0 Å². The van der Waals surface area contributed by atoms with Gasteiger partial charge in [-0.3, -0.25) is 9.69 Å². The van der Waals surface area contributed by atoms with E-state index in [2.05, 4.69) is 19.9 Å². The quantitative estimate of drug-likeness (QED) is 0.544. The third kappa shape index (κ3) is 3.92. The normalized spacial score (nSPS) is 16.9. The predicted molar refractivity (Wildman–Crippen MR) is 109 cm³/mol. The molecule has 0 radical (unpaired) electrons. The third-order valence-corrected chi connectivity index (χ3v) is 5.22. The number of ether oxygens (including phenoxy) is 1. The Morgan fingerprint density at radius 2 is 1.86 bits per heavy atom. The van der Waals surface area contributed by atoms with E-state index in [9.17, 15) is 4.79 Å². The maximum Gasteiger partial charge on any atom is 0.258 e. The number of aromatic nitrogens is 3. The van der Waals surface area contributed by atoms with Gasteiger partial charge in [-0.15, -0.1) is 0 Å².